The number of imide groups is 1. The second kappa shape index (κ2) is 5.73. The molecule has 7 heteroatoms. The first-order valence-electron chi connectivity index (χ1n) is 7.28. The fourth-order valence-electron chi connectivity index (χ4n) is 2.64. The van der Waals surface area contributed by atoms with Crippen molar-refractivity contribution < 1.29 is 19.1 Å². The quantitative estimate of drug-likeness (QED) is 0.795. The Morgan fingerprint density at radius 1 is 1.26 bits per heavy atom. The molecule has 1 fully saturated rings. The maximum Gasteiger partial charge on any atom is 0.325 e. The van der Waals surface area contributed by atoms with Gasteiger partial charge in [0, 0.05) is 17.6 Å². The zero-order valence-electron chi connectivity index (χ0n) is 14.1. The first-order chi connectivity index (χ1) is 10.6. The molecule has 0 aromatic heterocycles. The predicted octanol–water partition coefficient (Wildman–Crippen LogP) is 1.21. The van der Waals surface area contributed by atoms with E-state index in [0.717, 1.165) is 4.90 Å². The van der Waals surface area contributed by atoms with Crippen LogP contribution in [0.15, 0.2) is 18.2 Å². The molecule has 23 heavy (non-hydrogen) atoms. The molecule has 0 radical (unpaired) electrons. The van der Waals surface area contributed by atoms with Crippen LogP contribution in [-0.4, -0.2) is 43.1 Å². The zero-order chi connectivity index (χ0) is 17.4. The van der Waals surface area contributed by atoms with E-state index in [1.54, 1.807) is 39.0 Å². The minimum Gasteiger partial charge on any atom is -0.497 e. The lowest BCUT2D eigenvalue weighted by Gasteiger charge is -2.27. The van der Waals surface area contributed by atoms with E-state index in [9.17, 15) is 9.59 Å². The summed E-state index contributed by atoms with van der Waals surface area (Å²) < 4.78 is 10.6. The Hall–Kier alpha value is -2.28. The van der Waals surface area contributed by atoms with E-state index in [0.29, 0.717) is 17.1 Å². The van der Waals surface area contributed by atoms with Gasteiger partial charge in [0.2, 0.25) is 0 Å². The number of urea groups is 1. The van der Waals surface area contributed by atoms with Gasteiger partial charge in [0.15, 0.2) is 0 Å². The van der Waals surface area contributed by atoms with Crippen LogP contribution in [0, 0.1) is 0 Å². The van der Waals surface area contributed by atoms with Crippen LogP contribution >= 0.6 is 0 Å². The Bertz CT molecular complexity index is 639. The molecule has 0 aliphatic carbocycles. The van der Waals surface area contributed by atoms with Gasteiger partial charge in [-0.3, -0.25) is 9.69 Å². The van der Waals surface area contributed by atoms with E-state index in [2.05, 4.69) is 5.32 Å². The minimum absolute atomic E-state index is 0.125. The molecule has 1 saturated heterocycles. The number of amides is 3. The molecular formula is C16H23N3O4. The number of nitrogens with one attached hydrogen (secondary N) is 1. The zero-order valence-corrected chi connectivity index (χ0v) is 14.1. The number of benzene rings is 1. The number of hydrogen-bond acceptors (Lipinski definition) is 5. The van der Waals surface area contributed by atoms with Gasteiger partial charge in [0.25, 0.3) is 5.91 Å². The van der Waals surface area contributed by atoms with Crippen molar-refractivity contribution in [2.24, 2.45) is 5.73 Å². The highest BCUT2D eigenvalue weighted by atomic mass is 16.5. The van der Waals surface area contributed by atoms with Crippen molar-refractivity contribution in [3.63, 3.8) is 0 Å². The van der Waals surface area contributed by atoms with Crippen molar-refractivity contribution in [2.45, 2.75) is 31.8 Å². The Morgan fingerprint density at radius 3 is 2.43 bits per heavy atom. The summed E-state index contributed by atoms with van der Waals surface area (Å²) in [6.07, 6.45) is 0. The normalized spacial score (nSPS) is 21.4. The van der Waals surface area contributed by atoms with E-state index in [1.165, 1.54) is 14.2 Å². The summed E-state index contributed by atoms with van der Waals surface area (Å²) in [5.74, 6) is 0.699. The maximum absolute atomic E-state index is 12.9. The highest BCUT2D eigenvalue weighted by molar-refractivity contribution is 6.07. The third-order valence-electron chi connectivity index (χ3n) is 3.79. The number of carbonyl (C=O) groups excluding carboxylic acids is 2. The molecule has 1 atom stereocenters. The number of carbonyl (C=O) groups is 2. The number of rotatable bonds is 5. The van der Waals surface area contributed by atoms with Crippen LogP contribution < -0.4 is 20.5 Å². The van der Waals surface area contributed by atoms with Crippen LogP contribution in [0.1, 0.15) is 26.3 Å². The summed E-state index contributed by atoms with van der Waals surface area (Å²) in [6, 6.07) is 4.65. The van der Waals surface area contributed by atoms with Crippen LogP contribution in [0.25, 0.3) is 0 Å². The molecule has 3 amide bonds. The van der Waals surface area contributed by atoms with Gasteiger partial charge in [-0.05, 0) is 39.0 Å². The summed E-state index contributed by atoms with van der Waals surface area (Å²) >= 11 is 0. The summed E-state index contributed by atoms with van der Waals surface area (Å²) in [6.45, 7) is 5.29. The van der Waals surface area contributed by atoms with Crippen molar-refractivity contribution in [2.75, 3.05) is 20.8 Å². The van der Waals surface area contributed by atoms with Gasteiger partial charge < -0.3 is 20.5 Å². The minimum atomic E-state index is -1.23. The molecule has 1 aromatic rings. The number of ether oxygens (including phenoxy) is 2. The molecule has 0 bridgehead atoms. The van der Waals surface area contributed by atoms with Crippen LogP contribution in [0.4, 0.5) is 4.79 Å². The fourth-order valence-corrected chi connectivity index (χ4v) is 2.64. The van der Waals surface area contributed by atoms with E-state index >= 15 is 0 Å². The number of nitrogens with two attached hydrogens (primary N) is 1. The average Bonchev–Trinajstić information content (AvgIpc) is 2.69. The lowest BCUT2D eigenvalue weighted by molar-refractivity contribution is -0.131. The average molecular weight is 321 g/mol. The van der Waals surface area contributed by atoms with Crippen LogP contribution in [0.2, 0.25) is 0 Å². The predicted molar refractivity (Wildman–Crippen MR) is 85.4 cm³/mol. The Labute approximate surface area is 135 Å². The van der Waals surface area contributed by atoms with Crippen molar-refractivity contribution in [3.05, 3.63) is 23.8 Å². The Balaban J connectivity index is 2.47. The van der Waals surface area contributed by atoms with E-state index in [4.69, 9.17) is 15.2 Å². The molecule has 1 unspecified atom stereocenters. The Morgan fingerprint density at radius 2 is 1.91 bits per heavy atom. The molecule has 2 rings (SSSR count). The van der Waals surface area contributed by atoms with Gasteiger partial charge in [0.1, 0.15) is 17.0 Å². The van der Waals surface area contributed by atoms with Crippen LogP contribution in [-0.2, 0) is 10.3 Å². The second-order valence-electron chi connectivity index (χ2n) is 6.50. The lowest BCUT2D eigenvalue weighted by Crippen LogP contribution is -2.48. The van der Waals surface area contributed by atoms with E-state index < -0.39 is 17.1 Å². The molecule has 1 aliphatic heterocycles. The monoisotopic (exact) mass is 321 g/mol. The standard InChI is InChI=1S/C16H23N3O4/c1-15(2,17)9-19-13(20)16(3,18-14(19)21)11-8-10(22-4)6-7-12(11)23-5/h6-8H,9,17H2,1-5H3,(H,18,21). The smallest absolute Gasteiger partial charge is 0.325 e. The number of hydrogen-bond donors (Lipinski definition) is 2. The Kier molecular flexibility index (Phi) is 4.26. The van der Waals surface area contributed by atoms with Gasteiger partial charge in [0.05, 0.1) is 14.2 Å². The van der Waals surface area contributed by atoms with Crippen molar-refractivity contribution in [3.8, 4) is 11.5 Å². The second-order valence-corrected chi connectivity index (χ2v) is 6.50. The SMILES string of the molecule is COc1ccc(OC)c(C2(C)NC(=O)N(CC(C)(C)N)C2=O)c1. The molecule has 0 saturated carbocycles. The molecule has 126 valence electrons. The van der Waals surface area contributed by atoms with Gasteiger partial charge in [-0.15, -0.1) is 0 Å². The number of methoxy groups -OCH3 is 2. The van der Waals surface area contributed by atoms with E-state index in [1.807, 2.05) is 0 Å². The van der Waals surface area contributed by atoms with Gasteiger partial charge in [-0.1, -0.05) is 0 Å². The third-order valence-corrected chi connectivity index (χ3v) is 3.79. The molecule has 1 heterocycles. The van der Waals surface area contributed by atoms with E-state index in [-0.39, 0.29) is 12.5 Å². The summed E-state index contributed by atoms with van der Waals surface area (Å²) in [7, 11) is 3.04. The van der Waals surface area contributed by atoms with Gasteiger partial charge in [-0.25, -0.2) is 4.79 Å². The lowest BCUT2D eigenvalue weighted by atomic mass is 9.90. The fraction of sp³-hybridized carbons (Fsp3) is 0.500. The molecule has 1 aromatic carbocycles. The van der Waals surface area contributed by atoms with Crippen molar-refractivity contribution >= 4 is 11.9 Å². The highest BCUT2D eigenvalue weighted by Crippen LogP contribution is 2.37. The largest absolute Gasteiger partial charge is 0.497 e. The molecule has 1 aliphatic rings. The van der Waals surface area contributed by atoms with Crippen LogP contribution in [0.5, 0.6) is 11.5 Å². The molecule has 3 N–H and O–H groups in total. The third kappa shape index (κ3) is 3.10. The molecular weight excluding hydrogens is 298 g/mol. The van der Waals surface area contributed by atoms with Crippen LogP contribution in [0.3, 0.4) is 0 Å². The maximum atomic E-state index is 12.9. The first kappa shape index (κ1) is 17.1. The van der Waals surface area contributed by atoms with Gasteiger partial charge >= 0.3 is 6.03 Å². The topological polar surface area (TPSA) is 93.9 Å². The summed E-state index contributed by atoms with van der Waals surface area (Å²) in [5, 5.41) is 2.74. The first-order valence-corrected chi connectivity index (χ1v) is 7.28. The molecule has 7 nitrogen and oxygen atoms in total. The number of nitrogens with zero attached hydrogens (tertiary/aromatic N) is 1. The summed E-state index contributed by atoms with van der Waals surface area (Å²) in [5.41, 5.74) is 4.57. The summed E-state index contributed by atoms with van der Waals surface area (Å²) in [4.78, 5) is 26.3. The van der Waals surface area contributed by atoms with Crippen molar-refractivity contribution in [1.29, 1.82) is 0 Å². The molecule has 0 spiro atoms. The van der Waals surface area contributed by atoms with Crippen molar-refractivity contribution in [1.82, 2.24) is 10.2 Å². The highest BCUT2D eigenvalue weighted by Gasteiger charge is 2.51. The van der Waals surface area contributed by atoms with Gasteiger partial charge in [-0.2, -0.15) is 0 Å².